The maximum absolute atomic E-state index is 11.0. The van der Waals surface area contributed by atoms with Crippen molar-refractivity contribution in [2.24, 2.45) is 0 Å². The van der Waals surface area contributed by atoms with E-state index in [0.717, 1.165) is 62.8 Å². The molecule has 216 valence electrons. The molecule has 0 aliphatic heterocycles. The largest absolute Gasteiger partial charge is 0.550 e. The zero-order valence-corrected chi connectivity index (χ0v) is 23.4. The smallest absolute Gasteiger partial charge is 0.303 e. The number of quaternary nitrogens is 1. The first-order valence-corrected chi connectivity index (χ1v) is 14.9. The molecule has 0 atom stereocenters. The Morgan fingerprint density at radius 2 is 0.865 bits per heavy atom. The van der Waals surface area contributed by atoms with Crippen molar-refractivity contribution < 1.29 is 34.2 Å². The lowest BCUT2D eigenvalue weighted by atomic mass is 10.0. The Hall–Kier alpha value is -1.89. The van der Waals surface area contributed by atoms with E-state index in [1.807, 2.05) is 6.08 Å². The lowest BCUT2D eigenvalue weighted by Gasteiger charge is -2.39. The van der Waals surface area contributed by atoms with E-state index >= 15 is 0 Å². The molecule has 7 nitrogen and oxygen atoms in total. The summed E-state index contributed by atoms with van der Waals surface area (Å²) in [6.45, 7) is 7.37. The lowest BCUT2D eigenvalue weighted by Crippen LogP contribution is -2.51. The topological polar surface area (TPSA) is 115 Å². The van der Waals surface area contributed by atoms with Crippen LogP contribution in [0.15, 0.2) is 12.7 Å². The molecule has 0 amide bonds. The molecule has 0 aromatic carbocycles. The van der Waals surface area contributed by atoms with Crippen LogP contribution < -0.4 is 5.11 Å². The van der Waals surface area contributed by atoms with E-state index in [1.54, 1.807) is 0 Å². The van der Waals surface area contributed by atoms with E-state index in [1.165, 1.54) is 64.2 Å². The molecule has 0 aromatic heterocycles. The normalized spacial score (nSPS) is 11.5. The number of hydrogen-bond donors (Lipinski definition) is 2. The molecular formula is C30H55NO6. The standard InChI is InChI=1S/C30H55NO6/c1-2-3-4-5-6-7-8-9-10-11-12-13-17-24-31(25-18-14-21-28(32)33,26-19-15-22-29(34)35)27-20-16-23-30(36)37/h2H,1,3-27H2,(H2-,32,33,34,35,36,37). The van der Waals surface area contributed by atoms with Crippen molar-refractivity contribution in [3.63, 3.8) is 0 Å². The van der Waals surface area contributed by atoms with E-state index in [0.29, 0.717) is 19.3 Å². The maximum atomic E-state index is 11.0. The third-order valence-corrected chi connectivity index (χ3v) is 7.35. The van der Waals surface area contributed by atoms with Gasteiger partial charge in [-0.1, -0.05) is 57.4 Å². The predicted molar refractivity (Wildman–Crippen MR) is 147 cm³/mol. The Labute approximate surface area is 225 Å². The highest BCUT2D eigenvalue weighted by Crippen LogP contribution is 2.19. The van der Waals surface area contributed by atoms with Gasteiger partial charge < -0.3 is 24.6 Å². The Bertz CT molecular complexity index is 552. The van der Waals surface area contributed by atoms with E-state index < -0.39 is 17.9 Å². The second kappa shape index (κ2) is 24.4. The minimum absolute atomic E-state index is 0.0624. The highest BCUT2D eigenvalue weighted by atomic mass is 16.4. The molecule has 37 heavy (non-hydrogen) atoms. The van der Waals surface area contributed by atoms with Gasteiger partial charge in [-0.05, 0) is 70.6 Å². The van der Waals surface area contributed by atoms with Gasteiger partial charge in [-0.25, -0.2) is 0 Å². The number of carbonyl (C=O) groups is 3. The number of unbranched alkanes of at least 4 members (excludes halogenated alkanes) is 14. The fraction of sp³-hybridized carbons (Fsp3) is 0.833. The minimum Gasteiger partial charge on any atom is -0.550 e. The summed E-state index contributed by atoms with van der Waals surface area (Å²) in [7, 11) is 0. The van der Waals surface area contributed by atoms with Crippen LogP contribution in [0.25, 0.3) is 0 Å². The number of aliphatic carboxylic acids is 3. The Morgan fingerprint density at radius 3 is 1.22 bits per heavy atom. The van der Waals surface area contributed by atoms with E-state index in [4.69, 9.17) is 10.2 Å². The monoisotopic (exact) mass is 525 g/mol. The van der Waals surface area contributed by atoms with Crippen LogP contribution in [0.1, 0.15) is 135 Å². The predicted octanol–water partition coefficient (Wildman–Crippen LogP) is 6.10. The molecule has 0 unspecified atom stereocenters. The average molecular weight is 526 g/mol. The molecule has 0 bridgehead atoms. The fourth-order valence-electron chi connectivity index (χ4n) is 5.16. The van der Waals surface area contributed by atoms with Crippen molar-refractivity contribution in [1.82, 2.24) is 0 Å². The van der Waals surface area contributed by atoms with Crippen LogP contribution in [0.3, 0.4) is 0 Å². The van der Waals surface area contributed by atoms with E-state index in [-0.39, 0.29) is 19.3 Å². The van der Waals surface area contributed by atoms with Crippen LogP contribution in [-0.4, -0.2) is 58.8 Å². The number of hydrogen-bond acceptors (Lipinski definition) is 4. The number of nitrogens with zero attached hydrogens (tertiary/aromatic N) is 1. The summed E-state index contributed by atoms with van der Waals surface area (Å²) >= 11 is 0. The molecule has 0 radical (unpaired) electrons. The zero-order valence-electron chi connectivity index (χ0n) is 23.4. The maximum Gasteiger partial charge on any atom is 0.303 e. The van der Waals surface area contributed by atoms with Gasteiger partial charge in [-0.2, -0.15) is 0 Å². The number of carboxylic acids is 3. The van der Waals surface area contributed by atoms with Crippen LogP contribution in [0.5, 0.6) is 0 Å². The van der Waals surface area contributed by atoms with Crippen molar-refractivity contribution in [3.05, 3.63) is 12.7 Å². The van der Waals surface area contributed by atoms with Crippen LogP contribution >= 0.6 is 0 Å². The first kappa shape index (κ1) is 35.1. The summed E-state index contributed by atoms with van der Waals surface area (Å²) in [6, 6.07) is 0. The van der Waals surface area contributed by atoms with Gasteiger partial charge >= 0.3 is 11.9 Å². The third kappa shape index (κ3) is 24.2. The van der Waals surface area contributed by atoms with Gasteiger partial charge in [-0.15, -0.1) is 6.58 Å². The van der Waals surface area contributed by atoms with Crippen LogP contribution in [0.4, 0.5) is 0 Å². The van der Waals surface area contributed by atoms with Gasteiger partial charge in [0.1, 0.15) is 0 Å². The Morgan fingerprint density at radius 1 is 0.541 bits per heavy atom. The van der Waals surface area contributed by atoms with Gasteiger partial charge in [0.15, 0.2) is 0 Å². The molecule has 0 heterocycles. The molecule has 0 aliphatic carbocycles. The van der Waals surface area contributed by atoms with Gasteiger partial charge in [0.2, 0.25) is 0 Å². The lowest BCUT2D eigenvalue weighted by molar-refractivity contribution is -0.929. The van der Waals surface area contributed by atoms with Gasteiger partial charge in [-0.3, -0.25) is 9.59 Å². The van der Waals surface area contributed by atoms with Crippen molar-refractivity contribution >= 4 is 17.9 Å². The second-order valence-electron chi connectivity index (χ2n) is 10.7. The fourth-order valence-corrected chi connectivity index (χ4v) is 5.16. The Balaban J connectivity index is 4.56. The molecule has 0 aliphatic rings. The molecule has 0 aromatic rings. The zero-order chi connectivity index (χ0) is 27.6. The first-order valence-electron chi connectivity index (χ1n) is 14.9. The van der Waals surface area contributed by atoms with Crippen molar-refractivity contribution in [2.75, 3.05) is 26.2 Å². The summed E-state index contributed by atoms with van der Waals surface area (Å²) in [4.78, 5) is 32.8. The third-order valence-electron chi connectivity index (χ3n) is 7.35. The van der Waals surface area contributed by atoms with E-state index in [9.17, 15) is 19.5 Å². The summed E-state index contributed by atoms with van der Waals surface area (Å²) < 4.78 is 0.845. The molecule has 0 fully saturated rings. The highest BCUT2D eigenvalue weighted by Gasteiger charge is 2.26. The average Bonchev–Trinajstić information content (AvgIpc) is 2.84. The molecule has 0 spiro atoms. The Kier molecular flexibility index (Phi) is 23.2. The van der Waals surface area contributed by atoms with Crippen molar-refractivity contribution in [1.29, 1.82) is 0 Å². The second-order valence-corrected chi connectivity index (χ2v) is 10.7. The summed E-state index contributed by atoms with van der Waals surface area (Å²) in [5.41, 5.74) is 0. The van der Waals surface area contributed by atoms with Gasteiger partial charge in [0.25, 0.3) is 0 Å². The summed E-state index contributed by atoms with van der Waals surface area (Å²) in [5.74, 6) is -2.57. The molecule has 0 rings (SSSR count). The highest BCUT2D eigenvalue weighted by molar-refractivity contribution is 5.66. The molecule has 0 saturated carbocycles. The number of allylic oxidation sites excluding steroid dienone is 1. The quantitative estimate of drug-likeness (QED) is 0.0693. The summed E-state index contributed by atoms with van der Waals surface area (Å²) in [5, 5.41) is 28.9. The molecule has 7 heteroatoms. The van der Waals surface area contributed by atoms with Gasteiger partial charge in [0.05, 0.1) is 26.2 Å². The van der Waals surface area contributed by atoms with Crippen LogP contribution in [0, 0.1) is 0 Å². The van der Waals surface area contributed by atoms with Crippen LogP contribution in [-0.2, 0) is 14.4 Å². The minimum atomic E-state index is -1.02. The van der Waals surface area contributed by atoms with E-state index in [2.05, 4.69) is 6.58 Å². The number of carbonyl (C=O) groups excluding carboxylic acids is 1. The van der Waals surface area contributed by atoms with Gasteiger partial charge in [0, 0.05) is 18.8 Å². The number of carboxylic acid groups (broad SMARTS) is 3. The molecule has 2 N–H and O–H groups in total. The summed E-state index contributed by atoms with van der Waals surface area (Å²) in [6.07, 6.45) is 21.7. The van der Waals surface area contributed by atoms with Crippen molar-refractivity contribution in [2.45, 2.75) is 135 Å². The first-order chi connectivity index (χ1) is 17.8. The number of rotatable bonds is 29. The van der Waals surface area contributed by atoms with Crippen LogP contribution in [0.2, 0.25) is 0 Å². The molecular weight excluding hydrogens is 470 g/mol. The SMILES string of the molecule is C=CCCCCCCCCCCCCC[N+](CCCCC(=O)[O-])(CCCCC(=O)O)CCCCC(=O)O. The van der Waals surface area contributed by atoms with Crippen molar-refractivity contribution in [3.8, 4) is 0 Å². The molecule has 0 saturated heterocycles.